The van der Waals surface area contributed by atoms with Crippen molar-refractivity contribution >= 4 is 5.97 Å². The molecule has 1 heterocycles. The number of phenols is 1. The van der Waals surface area contributed by atoms with Crippen LogP contribution in [-0.2, 0) is 17.8 Å². The fourth-order valence-electron chi connectivity index (χ4n) is 3.63. The molecule has 5 heteroatoms. The monoisotopic (exact) mass is 341 g/mol. The van der Waals surface area contributed by atoms with Gasteiger partial charge >= 0.3 is 5.97 Å². The van der Waals surface area contributed by atoms with Gasteiger partial charge in [-0.25, -0.2) is 0 Å². The third-order valence-corrected chi connectivity index (χ3v) is 4.97. The highest BCUT2D eigenvalue weighted by molar-refractivity contribution is 5.76. The molecule has 1 aliphatic heterocycles. The lowest BCUT2D eigenvalue weighted by atomic mass is 9.72. The van der Waals surface area contributed by atoms with Crippen LogP contribution >= 0.6 is 0 Å². The second kappa shape index (κ2) is 7.25. The average Bonchev–Trinajstić information content (AvgIpc) is 2.59. The Balaban J connectivity index is 1.82. The molecule has 2 aromatic carbocycles. The minimum atomic E-state index is -1.23. The van der Waals surface area contributed by atoms with Crippen molar-refractivity contribution in [2.75, 3.05) is 13.1 Å². The molecule has 5 nitrogen and oxygen atoms in total. The van der Waals surface area contributed by atoms with Gasteiger partial charge in [0.1, 0.15) is 11.2 Å². The van der Waals surface area contributed by atoms with Crippen LogP contribution in [0.3, 0.4) is 0 Å². The number of nitrogens with zero attached hydrogens (tertiary/aromatic N) is 1. The number of carboxylic acid groups (broad SMARTS) is 1. The first-order valence-electron chi connectivity index (χ1n) is 8.45. The Kier molecular flexibility index (Phi) is 5.06. The number of carboxylic acids is 1. The summed E-state index contributed by atoms with van der Waals surface area (Å²) in [7, 11) is 0. The van der Waals surface area contributed by atoms with Gasteiger partial charge in [0, 0.05) is 19.6 Å². The van der Waals surface area contributed by atoms with Gasteiger partial charge in [-0.15, -0.1) is 0 Å². The summed E-state index contributed by atoms with van der Waals surface area (Å²) in [5.41, 5.74) is 0.606. The molecule has 1 fully saturated rings. The van der Waals surface area contributed by atoms with Crippen molar-refractivity contribution < 1.29 is 20.1 Å². The van der Waals surface area contributed by atoms with Gasteiger partial charge < -0.3 is 15.3 Å². The smallest absolute Gasteiger partial charge is 0.313 e. The minimum absolute atomic E-state index is 0.198. The fourth-order valence-corrected chi connectivity index (χ4v) is 3.63. The largest absolute Gasteiger partial charge is 0.508 e. The molecule has 0 aliphatic carbocycles. The standard InChI is InChI=1S/C20H23NO4/c22-17-8-4-7-16(11-17)13-21-10-9-18(23)20(14-21,19(24)25)12-15-5-2-1-3-6-15/h1-8,11,18,22-23H,9-10,12-14H2,(H,24,25)/t18-,20-/m1/s1. The summed E-state index contributed by atoms with van der Waals surface area (Å²) in [5.74, 6) is -0.771. The lowest BCUT2D eigenvalue weighted by Crippen LogP contribution is -2.56. The molecule has 1 saturated heterocycles. The number of aliphatic hydroxyl groups excluding tert-OH is 1. The van der Waals surface area contributed by atoms with Crippen LogP contribution < -0.4 is 0 Å². The van der Waals surface area contributed by atoms with Gasteiger partial charge in [-0.1, -0.05) is 42.5 Å². The van der Waals surface area contributed by atoms with Crippen molar-refractivity contribution in [2.45, 2.75) is 25.5 Å². The number of phenolic OH excluding ortho intramolecular Hbond substituents is 1. The Morgan fingerprint density at radius 2 is 1.84 bits per heavy atom. The molecule has 0 radical (unpaired) electrons. The van der Waals surface area contributed by atoms with Crippen LogP contribution in [0.15, 0.2) is 54.6 Å². The number of hydrogen-bond acceptors (Lipinski definition) is 4. The molecule has 0 saturated carbocycles. The third-order valence-electron chi connectivity index (χ3n) is 4.97. The van der Waals surface area contributed by atoms with E-state index in [1.54, 1.807) is 18.2 Å². The van der Waals surface area contributed by atoms with Gasteiger partial charge in [0.05, 0.1) is 6.10 Å². The number of hydrogen-bond donors (Lipinski definition) is 3. The highest BCUT2D eigenvalue weighted by Crippen LogP contribution is 2.35. The van der Waals surface area contributed by atoms with Crippen molar-refractivity contribution in [1.29, 1.82) is 0 Å². The maximum atomic E-state index is 12.1. The zero-order chi connectivity index (χ0) is 17.9. The minimum Gasteiger partial charge on any atom is -0.508 e. The van der Waals surface area contributed by atoms with Crippen molar-refractivity contribution in [3.8, 4) is 5.75 Å². The number of benzene rings is 2. The molecule has 1 aliphatic rings. The Morgan fingerprint density at radius 1 is 1.12 bits per heavy atom. The second-order valence-electron chi connectivity index (χ2n) is 6.81. The molecule has 0 aromatic heterocycles. The maximum Gasteiger partial charge on any atom is 0.313 e. The van der Waals surface area contributed by atoms with Gasteiger partial charge in [0.15, 0.2) is 0 Å². The van der Waals surface area contributed by atoms with E-state index in [1.165, 1.54) is 0 Å². The third kappa shape index (κ3) is 3.83. The van der Waals surface area contributed by atoms with Gasteiger partial charge in [0.25, 0.3) is 0 Å². The van der Waals surface area contributed by atoms with Crippen molar-refractivity contribution in [1.82, 2.24) is 4.90 Å². The highest BCUT2D eigenvalue weighted by atomic mass is 16.4. The van der Waals surface area contributed by atoms with E-state index >= 15 is 0 Å². The fraction of sp³-hybridized carbons (Fsp3) is 0.350. The summed E-state index contributed by atoms with van der Waals surface area (Å²) >= 11 is 0. The van der Waals surface area contributed by atoms with E-state index in [0.29, 0.717) is 25.9 Å². The summed E-state index contributed by atoms with van der Waals surface area (Å²) < 4.78 is 0. The molecule has 3 rings (SSSR count). The first-order valence-corrected chi connectivity index (χ1v) is 8.45. The number of piperidine rings is 1. The SMILES string of the molecule is O=C(O)[C@]1(Cc2ccccc2)CN(Cc2cccc(O)c2)CC[C@H]1O. The van der Waals surface area contributed by atoms with Gasteiger partial charge in [-0.3, -0.25) is 9.69 Å². The second-order valence-corrected chi connectivity index (χ2v) is 6.81. The van der Waals surface area contributed by atoms with Crippen molar-refractivity contribution in [3.63, 3.8) is 0 Å². The molecule has 0 bridgehead atoms. The van der Waals surface area contributed by atoms with Crippen LogP contribution in [0.4, 0.5) is 0 Å². The molecule has 0 spiro atoms. The zero-order valence-electron chi connectivity index (χ0n) is 14.0. The molecule has 25 heavy (non-hydrogen) atoms. The number of aliphatic carboxylic acids is 1. The quantitative estimate of drug-likeness (QED) is 0.777. The van der Waals surface area contributed by atoms with E-state index < -0.39 is 17.5 Å². The topological polar surface area (TPSA) is 81.0 Å². The van der Waals surface area contributed by atoms with E-state index in [4.69, 9.17) is 0 Å². The lowest BCUT2D eigenvalue weighted by molar-refractivity contribution is -0.163. The van der Waals surface area contributed by atoms with Crippen LogP contribution in [-0.4, -0.2) is 45.4 Å². The molecular weight excluding hydrogens is 318 g/mol. The van der Waals surface area contributed by atoms with Crippen LogP contribution in [0, 0.1) is 5.41 Å². The number of aliphatic hydroxyl groups is 1. The van der Waals surface area contributed by atoms with Crippen molar-refractivity contribution in [2.24, 2.45) is 5.41 Å². The molecule has 0 unspecified atom stereocenters. The Morgan fingerprint density at radius 3 is 2.52 bits per heavy atom. The lowest BCUT2D eigenvalue weighted by Gasteiger charge is -2.43. The van der Waals surface area contributed by atoms with Crippen LogP contribution in [0.2, 0.25) is 0 Å². The summed E-state index contributed by atoms with van der Waals surface area (Å²) in [6, 6.07) is 16.4. The van der Waals surface area contributed by atoms with E-state index in [-0.39, 0.29) is 12.3 Å². The molecular formula is C20H23NO4. The number of aromatic hydroxyl groups is 1. The van der Waals surface area contributed by atoms with E-state index in [9.17, 15) is 20.1 Å². The van der Waals surface area contributed by atoms with E-state index in [1.807, 2.05) is 41.3 Å². The summed E-state index contributed by atoms with van der Waals surface area (Å²) in [4.78, 5) is 14.2. The predicted octanol–water partition coefficient (Wildman–Crippen LogP) is 2.27. The predicted molar refractivity (Wildman–Crippen MR) is 94.2 cm³/mol. The Bertz CT molecular complexity index is 733. The zero-order valence-corrected chi connectivity index (χ0v) is 14.0. The van der Waals surface area contributed by atoms with E-state index in [2.05, 4.69) is 0 Å². The normalized spacial score (nSPS) is 24.1. The summed E-state index contributed by atoms with van der Waals surface area (Å²) in [5, 5.41) is 30.1. The number of likely N-dealkylation sites (tertiary alicyclic amines) is 1. The van der Waals surface area contributed by atoms with Crippen LogP contribution in [0.1, 0.15) is 17.5 Å². The average molecular weight is 341 g/mol. The Hall–Kier alpha value is -2.37. The molecule has 3 N–H and O–H groups in total. The van der Waals surface area contributed by atoms with Crippen LogP contribution in [0.5, 0.6) is 5.75 Å². The van der Waals surface area contributed by atoms with Gasteiger partial charge in [-0.05, 0) is 36.1 Å². The van der Waals surface area contributed by atoms with Crippen molar-refractivity contribution in [3.05, 3.63) is 65.7 Å². The molecule has 2 atom stereocenters. The van der Waals surface area contributed by atoms with Gasteiger partial charge in [0.2, 0.25) is 0 Å². The highest BCUT2D eigenvalue weighted by Gasteiger charge is 2.49. The molecule has 132 valence electrons. The van der Waals surface area contributed by atoms with E-state index in [0.717, 1.165) is 11.1 Å². The van der Waals surface area contributed by atoms with Crippen LogP contribution in [0.25, 0.3) is 0 Å². The number of rotatable bonds is 5. The summed E-state index contributed by atoms with van der Waals surface area (Å²) in [6.45, 7) is 1.44. The maximum absolute atomic E-state index is 12.1. The number of carbonyl (C=O) groups is 1. The molecule has 0 amide bonds. The summed E-state index contributed by atoms with van der Waals surface area (Å²) in [6.07, 6.45) is -0.177. The molecule has 2 aromatic rings. The Labute approximate surface area is 147 Å². The van der Waals surface area contributed by atoms with Gasteiger partial charge in [-0.2, -0.15) is 0 Å². The first kappa shape index (κ1) is 17.5. The first-order chi connectivity index (χ1) is 12.0.